The summed E-state index contributed by atoms with van der Waals surface area (Å²) in [4.78, 5) is 0. The molecule has 0 atom stereocenters. The van der Waals surface area contributed by atoms with E-state index in [2.05, 4.69) is 13.3 Å². The first kappa shape index (κ1) is 20.0. The summed E-state index contributed by atoms with van der Waals surface area (Å²) in [5.41, 5.74) is 0. The maximum absolute atomic E-state index is 7.50. The van der Waals surface area contributed by atoms with Gasteiger partial charge in [0.15, 0.2) is 0 Å². The quantitative estimate of drug-likeness (QED) is 0.238. The molecule has 0 aromatic heterocycles. The van der Waals surface area contributed by atoms with Crippen LogP contribution in [0.2, 0.25) is 0 Å². The molecule has 5 heavy (non-hydrogen) atoms. The summed E-state index contributed by atoms with van der Waals surface area (Å²) in [5.74, 6) is 0. The number of hydrogen-bond acceptors (Lipinski definition) is 0. The Hall–Kier alpha value is -0.000519. The van der Waals surface area contributed by atoms with E-state index in [9.17, 15) is 0 Å². The second-order valence-electron chi connectivity index (χ2n) is 0. The molecule has 3 heteroatoms. The third-order valence-corrected chi connectivity index (χ3v) is 0. The summed E-state index contributed by atoms with van der Waals surface area (Å²) in [5, 5.41) is 0. The van der Waals surface area contributed by atoms with Crippen LogP contribution in [0.25, 0.3) is 0 Å². The van der Waals surface area contributed by atoms with Crippen molar-refractivity contribution in [2.75, 3.05) is 0 Å². The molecule has 0 saturated carbocycles. The van der Waals surface area contributed by atoms with Crippen LogP contribution in [0.5, 0.6) is 0 Å². The minimum atomic E-state index is 0. The number of hydrogen-bond donors (Lipinski definition) is 0. The molecule has 0 unspecified atom stereocenters. The van der Waals surface area contributed by atoms with E-state index in [1.165, 1.54) is 0 Å². The van der Waals surface area contributed by atoms with Crippen molar-refractivity contribution in [2.45, 2.75) is 0 Å². The molecule has 0 saturated heterocycles. The van der Waals surface area contributed by atoms with Crippen molar-refractivity contribution in [3.63, 3.8) is 0 Å². The van der Waals surface area contributed by atoms with Crippen LogP contribution in [0.15, 0.2) is 0 Å². The van der Waals surface area contributed by atoms with Gasteiger partial charge in [-0.3, -0.25) is 0 Å². The first-order valence-electron chi connectivity index (χ1n) is 0.408. The minimum Gasteiger partial charge on any atom is 3.00 e. The van der Waals surface area contributed by atoms with Gasteiger partial charge in [0, 0.05) is 0 Å². The van der Waals surface area contributed by atoms with Gasteiger partial charge in [0.05, 0.1) is 0 Å². The van der Waals surface area contributed by atoms with Crippen LogP contribution in [-0.2, 0) is 26.4 Å². The molecule has 0 amide bonds. The molecule has 0 heterocycles. The standard InChI is InChI=1S/2CO.Mn/c2*1-2;/q;;+3. The third kappa shape index (κ3) is 59300000. The average molecular weight is 111 g/mol. The fourth-order valence-electron chi connectivity index (χ4n) is 0. The molecule has 0 rings (SSSR count). The Kier molecular flexibility index (Phi) is 533000000. The van der Waals surface area contributed by atoms with E-state index in [1.807, 2.05) is 0 Å². The Bertz CT molecular complexity index is 23.1. The van der Waals surface area contributed by atoms with E-state index in [0.29, 0.717) is 0 Å². The van der Waals surface area contributed by atoms with Crippen molar-refractivity contribution in [1.82, 2.24) is 0 Å². The molecular formula is C2MnO2+3. The first-order chi connectivity index (χ1) is 2.00. The Morgan fingerprint density at radius 3 is 0.800 bits per heavy atom. The Morgan fingerprint density at radius 1 is 0.800 bits per heavy atom. The second kappa shape index (κ2) is 133000000. The number of rotatable bonds is 0. The molecule has 0 fully saturated rings. The van der Waals surface area contributed by atoms with Gasteiger partial charge in [-0.25, -0.2) is 0 Å². The van der Waals surface area contributed by atoms with Crippen LogP contribution in [-0.4, -0.2) is 0 Å². The Balaban J connectivity index is -0.0000000133. The SMILES string of the molecule is [C-]#[O+].[C-]#[O+].[Mn+3]. The maximum Gasteiger partial charge on any atom is 3.00 e. The molecule has 0 aliphatic heterocycles. The zero-order chi connectivity index (χ0) is 4.00. The summed E-state index contributed by atoms with van der Waals surface area (Å²) >= 11 is 0. The molecule has 0 aliphatic carbocycles. The van der Waals surface area contributed by atoms with Gasteiger partial charge in [0.25, 0.3) is 0 Å². The zero-order valence-electron chi connectivity index (χ0n) is 2.19. The van der Waals surface area contributed by atoms with Crippen molar-refractivity contribution >= 4 is 0 Å². The molecule has 2 nitrogen and oxygen atoms in total. The maximum atomic E-state index is 7.50. The summed E-state index contributed by atoms with van der Waals surface area (Å²) in [6, 6.07) is 0. The van der Waals surface area contributed by atoms with Gasteiger partial charge in [-0.2, -0.15) is 0 Å². The molecule has 0 aliphatic rings. The minimum absolute atomic E-state index is 0. The van der Waals surface area contributed by atoms with E-state index in [0.717, 1.165) is 0 Å². The predicted molar refractivity (Wildman–Crippen MR) is 7.86 cm³/mol. The Morgan fingerprint density at radius 2 is 0.800 bits per heavy atom. The van der Waals surface area contributed by atoms with Crippen LogP contribution in [0.4, 0.5) is 0 Å². The molecule has 0 bridgehead atoms. The third-order valence-electron chi connectivity index (χ3n) is 0. The van der Waals surface area contributed by atoms with Crippen LogP contribution < -0.4 is 0 Å². The van der Waals surface area contributed by atoms with E-state index in [4.69, 9.17) is 9.30 Å². The fourth-order valence-corrected chi connectivity index (χ4v) is 0. The van der Waals surface area contributed by atoms with Gasteiger partial charge in [-0.05, 0) is 0 Å². The molecule has 24 valence electrons. The van der Waals surface area contributed by atoms with E-state index in [1.54, 1.807) is 0 Å². The summed E-state index contributed by atoms with van der Waals surface area (Å²) in [7, 11) is 0. The average Bonchev–Trinajstić information content (AvgIpc) is 1.50. The van der Waals surface area contributed by atoms with Crippen LogP contribution in [0.1, 0.15) is 0 Å². The van der Waals surface area contributed by atoms with Gasteiger partial charge < -0.3 is 0 Å². The topological polar surface area (TPSA) is 39.8 Å². The van der Waals surface area contributed by atoms with Crippen molar-refractivity contribution < 1.29 is 26.4 Å². The van der Waals surface area contributed by atoms with Gasteiger partial charge in [0.1, 0.15) is 0 Å². The monoisotopic (exact) mass is 111 g/mol. The van der Waals surface area contributed by atoms with Gasteiger partial charge in [-0.1, -0.05) is 0 Å². The molecule has 0 radical (unpaired) electrons. The molecule has 0 N–H and O–H groups in total. The van der Waals surface area contributed by atoms with Crippen molar-refractivity contribution in [2.24, 2.45) is 0 Å². The van der Waals surface area contributed by atoms with Crippen molar-refractivity contribution in [3.8, 4) is 0 Å². The molecule has 0 spiro atoms. The van der Waals surface area contributed by atoms with E-state index < -0.39 is 0 Å². The molecule has 0 aromatic carbocycles. The van der Waals surface area contributed by atoms with Gasteiger partial charge in [0.2, 0.25) is 0 Å². The molecular weight excluding hydrogens is 111 g/mol. The van der Waals surface area contributed by atoms with E-state index >= 15 is 0 Å². The summed E-state index contributed by atoms with van der Waals surface area (Å²) in [6.45, 7) is 9.00. The zero-order valence-corrected chi connectivity index (χ0v) is 3.37. The first-order valence-corrected chi connectivity index (χ1v) is 0.408. The summed E-state index contributed by atoms with van der Waals surface area (Å²) in [6.07, 6.45) is 0. The van der Waals surface area contributed by atoms with Crippen molar-refractivity contribution in [1.29, 1.82) is 0 Å². The largest absolute Gasteiger partial charge is 3.00 e. The fraction of sp³-hybridized carbons (Fsp3) is 0. The normalized spacial score (nSPS) is 0.800. The van der Waals surface area contributed by atoms with Gasteiger partial charge in [-0.15, -0.1) is 0 Å². The van der Waals surface area contributed by atoms with Crippen molar-refractivity contribution in [3.05, 3.63) is 13.3 Å². The van der Waals surface area contributed by atoms with Crippen LogP contribution >= 0.6 is 0 Å². The van der Waals surface area contributed by atoms with Gasteiger partial charge >= 0.3 is 39.7 Å². The van der Waals surface area contributed by atoms with Crippen LogP contribution in [0, 0.1) is 13.3 Å². The predicted octanol–water partition coefficient (Wildman–Crippen LogP) is -0.0775. The molecule has 0 aromatic rings. The second-order valence-corrected chi connectivity index (χ2v) is 0. The van der Waals surface area contributed by atoms with Crippen LogP contribution in [0.3, 0.4) is 0 Å². The Labute approximate surface area is 40.5 Å². The summed E-state index contributed by atoms with van der Waals surface area (Å²) < 4.78 is 15.0. The smallest absolute Gasteiger partial charge is 3.00 e. The van der Waals surface area contributed by atoms with E-state index in [-0.39, 0.29) is 17.1 Å².